The number of hydrogen-bond acceptors (Lipinski definition) is 4. The Kier molecular flexibility index (Phi) is 7.51. The highest BCUT2D eigenvalue weighted by Gasteiger charge is 2.41. The van der Waals surface area contributed by atoms with Crippen LogP contribution in [0.2, 0.25) is 25.7 Å². The van der Waals surface area contributed by atoms with Crippen LogP contribution in [-0.4, -0.2) is 35.9 Å². The fourth-order valence-corrected chi connectivity index (χ4v) is 11.2. The van der Waals surface area contributed by atoms with Crippen molar-refractivity contribution in [1.29, 1.82) is 0 Å². The lowest BCUT2D eigenvalue weighted by Crippen LogP contribution is -2.42. The second kappa shape index (κ2) is 9.14. The van der Waals surface area contributed by atoms with E-state index in [4.69, 9.17) is 0 Å². The molecule has 0 saturated carbocycles. The molecule has 7 heteroatoms. The fourth-order valence-electron chi connectivity index (χ4n) is 3.59. The molecule has 0 aromatic heterocycles. The summed E-state index contributed by atoms with van der Waals surface area (Å²) in [6.07, 6.45) is 0. The third kappa shape index (κ3) is 6.27. The molecule has 0 N–H and O–H groups in total. The summed E-state index contributed by atoms with van der Waals surface area (Å²) in [5.41, 5.74) is 0. The Morgan fingerprint density at radius 1 is 0.759 bits per heavy atom. The van der Waals surface area contributed by atoms with Gasteiger partial charge in [0.2, 0.25) is 0 Å². The SMILES string of the molecule is CC(C)[C@@H](CS(=O)(=O)c1ccccc1)[C@H](C[Si](C)(C)C)S(=O)(=O)c1ccccc1. The minimum absolute atomic E-state index is 0.0895. The molecule has 0 heterocycles. The van der Waals surface area contributed by atoms with Crippen LogP contribution in [-0.2, 0) is 19.7 Å². The highest BCUT2D eigenvalue weighted by Crippen LogP contribution is 2.34. The normalized spacial score (nSPS) is 15.2. The van der Waals surface area contributed by atoms with E-state index < -0.39 is 38.9 Å². The third-order valence-corrected chi connectivity index (χ3v) is 11.1. The Hall–Kier alpha value is -1.44. The Balaban J connectivity index is 2.53. The van der Waals surface area contributed by atoms with Gasteiger partial charge < -0.3 is 0 Å². The number of hydrogen-bond donors (Lipinski definition) is 0. The van der Waals surface area contributed by atoms with Crippen molar-refractivity contribution in [2.75, 3.05) is 5.75 Å². The highest BCUT2D eigenvalue weighted by molar-refractivity contribution is 7.92. The molecule has 160 valence electrons. The van der Waals surface area contributed by atoms with E-state index in [1.54, 1.807) is 60.7 Å². The van der Waals surface area contributed by atoms with Crippen LogP contribution in [0.3, 0.4) is 0 Å². The van der Waals surface area contributed by atoms with Crippen LogP contribution >= 0.6 is 0 Å². The molecule has 0 fully saturated rings. The first-order valence-electron chi connectivity index (χ1n) is 9.91. The van der Waals surface area contributed by atoms with Crippen molar-refractivity contribution in [2.24, 2.45) is 11.8 Å². The van der Waals surface area contributed by atoms with Crippen LogP contribution in [0.25, 0.3) is 0 Å². The largest absolute Gasteiger partial charge is 0.224 e. The van der Waals surface area contributed by atoms with E-state index in [9.17, 15) is 16.8 Å². The first-order chi connectivity index (χ1) is 13.3. The van der Waals surface area contributed by atoms with Crippen LogP contribution in [0.1, 0.15) is 13.8 Å². The molecule has 0 radical (unpaired) electrons. The maximum atomic E-state index is 13.6. The van der Waals surface area contributed by atoms with Crippen molar-refractivity contribution < 1.29 is 16.8 Å². The summed E-state index contributed by atoms with van der Waals surface area (Å²) in [6, 6.07) is 17.3. The summed E-state index contributed by atoms with van der Waals surface area (Å²) >= 11 is 0. The van der Waals surface area contributed by atoms with Crippen molar-refractivity contribution in [1.82, 2.24) is 0 Å². The average Bonchev–Trinajstić information content (AvgIpc) is 2.65. The molecule has 2 aromatic carbocycles. The smallest absolute Gasteiger partial charge is 0.181 e. The van der Waals surface area contributed by atoms with E-state index in [0.29, 0.717) is 6.04 Å². The Morgan fingerprint density at radius 2 is 1.21 bits per heavy atom. The first kappa shape index (κ1) is 23.8. The van der Waals surface area contributed by atoms with Gasteiger partial charge >= 0.3 is 0 Å². The van der Waals surface area contributed by atoms with E-state index in [-0.39, 0.29) is 21.5 Å². The molecule has 0 bridgehead atoms. The average molecular weight is 453 g/mol. The lowest BCUT2D eigenvalue weighted by atomic mass is 9.95. The summed E-state index contributed by atoms with van der Waals surface area (Å²) in [5, 5.41) is -0.727. The molecule has 2 rings (SSSR count). The minimum atomic E-state index is -3.66. The molecule has 2 aromatic rings. The molecule has 0 unspecified atom stereocenters. The molecular formula is C22H32O4S2Si. The standard InChI is InChI=1S/C22H32O4S2Si/c1-18(2)21(16-27(23,24)19-12-8-6-9-13-19)22(17-29(3,4)5)28(25,26)20-14-10-7-11-15-20/h6-15,18,21-22H,16-17H2,1-5H3/t21-,22+/m1/s1. The molecule has 0 aliphatic rings. The molecule has 2 atom stereocenters. The van der Waals surface area contributed by atoms with Gasteiger partial charge in [0.25, 0.3) is 0 Å². The maximum absolute atomic E-state index is 13.6. The van der Waals surface area contributed by atoms with E-state index >= 15 is 0 Å². The zero-order valence-electron chi connectivity index (χ0n) is 17.9. The summed E-state index contributed by atoms with van der Waals surface area (Å²) in [5.74, 6) is -0.749. The topological polar surface area (TPSA) is 68.3 Å². The van der Waals surface area contributed by atoms with Crippen LogP contribution in [0.4, 0.5) is 0 Å². The molecule has 0 spiro atoms. The first-order valence-corrected chi connectivity index (χ1v) is 16.8. The van der Waals surface area contributed by atoms with Crippen LogP contribution in [0.5, 0.6) is 0 Å². The van der Waals surface area contributed by atoms with Gasteiger partial charge in [-0.15, -0.1) is 0 Å². The summed E-state index contributed by atoms with van der Waals surface area (Å²) in [6.45, 7) is 10.2. The third-order valence-electron chi connectivity index (χ3n) is 5.13. The van der Waals surface area contributed by atoms with E-state index in [2.05, 4.69) is 19.6 Å². The maximum Gasteiger partial charge on any atom is 0.181 e. The Morgan fingerprint density at radius 3 is 1.62 bits per heavy atom. The lowest BCUT2D eigenvalue weighted by molar-refractivity contribution is 0.400. The summed E-state index contributed by atoms with van der Waals surface area (Å²) in [4.78, 5) is 0.514. The van der Waals surface area contributed by atoms with Gasteiger partial charge in [-0.05, 0) is 42.1 Å². The highest BCUT2D eigenvalue weighted by atomic mass is 32.2. The van der Waals surface area contributed by atoms with Crippen molar-refractivity contribution in [3.8, 4) is 0 Å². The predicted molar refractivity (Wildman–Crippen MR) is 122 cm³/mol. The van der Waals surface area contributed by atoms with Crippen molar-refractivity contribution in [2.45, 2.75) is 54.6 Å². The van der Waals surface area contributed by atoms with Crippen LogP contribution < -0.4 is 0 Å². The number of benzene rings is 2. The van der Waals surface area contributed by atoms with Gasteiger partial charge in [0.15, 0.2) is 19.7 Å². The molecule has 0 aliphatic carbocycles. The predicted octanol–water partition coefficient (Wildman–Crippen LogP) is 4.91. The molecular weight excluding hydrogens is 420 g/mol. The van der Waals surface area contributed by atoms with Gasteiger partial charge in [0.05, 0.1) is 20.8 Å². The molecule has 29 heavy (non-hydrogen) atoms. The van der Waals surface area contributed by atoms with Crippen molar-refractivity contribution >= 4 is 27.7 Å². The van der Waals surface area contributed by atoms with Gasteiger partial charge in [-0.1, -0.05) is 69.9 Å². The second-order valence-corrected chi connectivity index (χ2v) is 18.9. The molecule has 0 aliphatic heterocycles. The fraction of sp³-hybridized carbons (Fsp3) is 0.455. The molecule has 0 amide bonds. The van der Waals surface area contributed by atoms with E-state index in [0.717, 1.165) is 0 Å². The van der Waals surface area contributed by atoms with Gasteiger partial charge in [-0.3, -0.25) is 0 Å². The second-order valence-electron chi connectivity index (χ2n) is 9.16. The van der Waals surface area contributed by atoms with E-state index in [1.807, 2.05) is 13.8 Å². The summed E-state index contributed by atoms with van der Waals surface area (Å²) < 4.78 is 53.4. The van der Waals surface area contributed by atoms with Crippen LogP contribution in [0, 0.1) is 11.8 Å². The number of rotatable bonds is 9. The number of sulfone groups is 2. The monoisotopic (exact) mass is 452 g/mol. The molecule has 0 saturated heterocycles. The van der Waals surface area contributed by atoms with Gasteiger partial charge in [-0.25, -0.2) is 16.8 Å². The van der Waals surface area contributed by atoms with E-state index in [1.165, 1.54) is 0 Å². The van der Waals surface area contributed by atoms with Gasteiger partial charge in [-0.2, -0.15) is 0 Å². The quantitative estimate of drug-likeness (QED) is 0.507. The Bertz CT molecular complexity index is 994. The lowest BCUT2D eigenvalue weighted by Gasteiger charge is -2.33. The molecule has 4 nitrogen and oxygen atoms in total. The van der Waals surface area contributed by atoms with Gasteiger partial charge in [0.1, 0.15) is 0 Å². The zero-order valence-corrected chi connectivity index (χ0v) is 20.5. The van der Waals surface area contributed by atoms with Crippen molar-refractivity contribution in [3.05, 3.63) is 60.7 Å². The minimum Gasteiger partial charge on any atom is -0.224 e. The van der Waals surface area contributed by atoms with Crippen LogP contribution in [0.15, 0.2) is 70.5 Å². The summed E-state index contributed by atoms with van der Waals surface area (Å²) in [7, 11) is -9.06. The van der Waals surface area contributed by atoms with Crippen molar-refractivity contribution in [3.63, 3.8) is 0 Å². The van der Waals surface area contributed by atoms with Gasteiger partial charge in [0, 0.05) is 8.07 Å². The zero-order chi connectivity index (χ0) is 21.9. The Labute approximate surface area is 177 Å².